The molecule has 3 nitrogen and oxygen atoms in total. The van der Waals surface area contributed by atoms with Gasteiger partial charge in [-0.05, 0) is 25.8 Å². The molecule has 0 saturated carbocycles. The highest BCUT2D eigenvalue weighted by atomic mass is 35.5. The van der Waals surface area contributed by atoms with Crippen LogP contribution < -0.4 is 5.32 Å². The third-order valence-electron chi connectivity index (χ3n) is 2.55. The molecular formula is C8H14ClNO2. The average Bonchev–Trinajstić information content (AvgIpc) is 2.34. The number of halogens is 1. The van der Waals surface area contributed by atoms with Gasteiger partial charge in [0.1, 0.15) is 5.60 Å². The van der Waals surface area contributed by atoms with Crippen molar-refractivity contribution in [1.82, 2.24) is 5.32 Å². The molecule has 2 rings (SSSR count). The molecule has 2 fully saturated rings. The van der Waals surface area contributed by atoms with E-state index in [1.807, 2.05) is 0 Å². The summed E-state index contributed by atoms with van der Waals surface area (Å²) in [6.45, 7) is 1.93. The van der Waals surface area contributed by atoms with E-state index >= 15 is 0 Å². The lowest BCUT2D eigenvalue weighted by atomic mass is 9.91. The minimum atomic E-state index is -0.116. The van der Waals surface area contributed by atoms with Gasteiger partial charge >= 0.3 is 5.97 Å². The summed E-state index contributed by atoms with van der Waals surface area (Å²) in [6, 6.07) is 0. The van der Waals surface area contributed by atoms with Crippen LogP contribution in [0.15, 0.2) is 0 Å². The van der Waals surface area contributed by atoms with E-state index < -0.39 is 0 Å². The lowest BCUT2D eigenvalue weighted by Crippen LogP contribution is -2.45. The Hall–Kier alpha value is -0.280. The number of ether oxygens (including phenoxy) is 1. The van der Waals surface area contributed by atoms with E-state index in [0.717, 1.165) is 32.4 Å². The summed E-state index contributed by atoms with van der Waals surface area (Å²) in [5.41, 5.74) is -0.116. The number of nitrogens with one attached hydrogen (secondary N) is 1. The van der Waals surface area contributed by atoms with E-state index in [0.29, 0.717) is 6.42 Å². The van der Waals surface area contributed by atoms with Crippen LogP contribution in [0.2, 0.25) is 0 Å². The molecule has 0 bridgehead atoms. The average molecular weight is 192 g/mol. The third kappa shape index (κ3) is 1.72. The number of esters is 1. The first-order valence-electron chi connectivity index (χ1n) is 4.23. The van der Waals surface area contributed by atoms with Crippen molar-refractivity contribution in [3.63, 3.8) is 0 Å². The molecule has 1 unspecified atom stereocenters. The summed E-state index contributed by atoms with van der Waals surface area (Å²) in [5.74, 6) is -0.0197. The standard InChI is InChI=1S/C8H13NO2.ClH/c10-7-2-4-8(11-7)3-1-5-9-6-8;/h9H,1-6H2;1H. The van der Waals surface area contributed by atoms with Crippen molar-refractivity contribution in [2.24, 2.45) is 0 Å². The van der Waals surface area contributed by atoms with E-state index in [1.165, 1.54) is 0 Å². The van der Waals surface area contributed by atoms with E-state index in [2.05, 4.69) is 5.32 Å². The van der Waals surface area contributed by atoms with E-state index in [4.69, 9.17) is 4.74 Å². The summed E-state index contributed by atoms with van der Waals surface area (Å²) in [6.07, 6.45) is 3.71. The Morgan fingerprint density at radius 1 is 1.42 bits per heavy atom. The molecule has 2 saturated heterocycles. The smallest absolute Gasteiger partial charge is 0.306 e. The van der Waals surface area contributed by atoms with Gasteiger partial charge in [0, 0.05) is 13.0 Å². The van der Waals surface area contributed by atoms with Gasteiger partial charge in [-0.3, -0.25) is 4.79 Å². The summed E-state index contributed by atoms with van der Waals surface area (Å²) in [5, 5.41) is 3.26. The summed E-state index contributed by atoms with van der Waals surface area (Å²) < 4.78 is 5.29. The molecule has 2 aliphatic rings. The molecule has 1 N–H and O–H groups in total. The fourth-order valence-electron chi connectivity index (χ4n) is 1.91. The van der Waals surface area contributed by atoms with Gasteiger partial charge in [-0.25, -0.2) is 0 Å². The van der Waals surface area contributed by atoms with Crippen LogP contribution in [0, 0.1) is 0 Å². The van der Waals surface area contributed by atoms with Gasteiger partial charge in [-0.1, -0.05) is 0 Å². The van der Waals surface area contributed by atoms with Gasteiger partial charge in [-0.2, -0.15) is 0 Å². The summed E-state index contributed by atoms with van der Waals surface area (Å²) in [7, 11) is 0. The zero-order valence-corrected chi connectivity index (χ0v) is 7.78. The predicted octanol–water partition coefficient (Wildman–Crippen LogP) is 0.867. The minimum Gasteiger partial charge on any atom is -0.458 e. The monoisotopic (exact) mass is 191 g/mol. The van der Waals surface area contributed by atoms with Crippen LogP contribution >= 0.6 is 12.4 Å². The second kappa shape index (κ2) is 3.62. The summed E-state index contributed by atoms with van der Waals surface area (Å²) >= 11 is 0. The van der Waals surface area contributed by atoms with Gasteiger partial charge in [0.05, 0.1) is 0 Å². The van der Waals surface area contributed by atoms with Gasteiger partial charge in [0.25, 0.3) is 0 Å². The zero-order valence-electron chi connectivity index (χ0n) is 6.97. The highest BCUT2D eigenvalue weighted by Crippen LogP contribution is 2.32. The van der Waals surface area contributed by atoms with Crippen LogP contribution in [-0.2, 0) is 9.53 Å². The van der Waals surface area contributed by atoms with Gasteiger partial charge in [0.15, 0.2) is 0 Å². The maximum Gasteiger partial charge on any atom is 0.306 e. The van der Waals surface area contributed by atoms with Crippen molar-refractivity contribution in [2.75, 3.05) is 13.1 Å². The second-order valence-corrected chi connectivity index (χ2v) is 3.44. The molecule has 1 spiro atoms. The molecule has 1 atom stereocenters. The Balaban J connectivity index is 0.000000720. The number of hydrogen-bond acceptors (Lipinski definition) is 3. The molecule has 2 aliphatic heterocycles. The number of rotatable bonds is 0. The second-order valence-electron chi connectivity index (χ2n) is 3.44. The third-order valence-corrected chi connectivity index (χ3v) is 2.55. The molecule has 0 radical (unpaired) electrons. The topological polar surface area (TPSA) is 38.3 Å². The van der Waals surface area contributed by atoms with Crippen LogP contribution in [0.1, 0.15) is 25.7 Å². The van der Waals surface area contributed by atoms with Crippen molar-refractivity contribution < 1.29 is 9.53 Å². The number of piperidine rings is 1. The van der Waals surface area contributed by atoms with Crippen molar-refractivity contribution in [3.05, 3.63) is 0 Å². The molecule has 70 valence electrons. The highest BCUT2D eigenvalue weighted by molar-refractivity contribution is 5.85. The molecule has 0 aromatic rings. The Morgan fingerprint density at radius 3 is 2.75 bits per heavy atom. The summed E-state index contributed by atoms with van der Waals surface area (Å²) in [4.78, 5) is 10.9. The Bertz CT molecular complexity index is 178. The lowest BCUT2D eigenvalue weighted by Gasteiger charge is -2.31. The van der Waals surface area contributed by atoms with Crippen molar-refractivity contribution in [1.29, 1.82) is 0 Å². The molecule has 0 aromatic carbocycles. The zero-order chi connectivity index (χ0) is 7.73. The fourth-order valence-corrected chi connectivity index (χ4v) is 1.91. The Kier molecular flexibility index (Phi) is 2.96. The maximum atomic E-state index is 10.9. The SMILES string of the molecule is Cl.O=C1CCC2(CCCNC2)O1. The first-order valence-corrected chi connectivity index (χ1v) is 4.23. The maximum absolute atomic E-state index is 10.9. The van der Waals surface area contributed by atoms with Crippen molar-refractivity contribution >= 4 is 18.4 Å². The van der Waals surface area contributed by atoms with Crippen LogP contribution in [0.4, 0.5) is 0 Å². The van der Waals surface area contributed by atoms with E-state index in [1.54, 1.807) is 0 Å². The predicted molar refractivity (Wildman–Crippen MR) is 47.4 cm³/mol. The van der Waals surface area contributed by atoms with E-state index in [-0.39, 0.29) is 24.0 Å². The molecule has 12 heavy (non-hydrogen) atoms. The largest absolute Gasteiger partial charge is 0.458 e. The van der Waals surface area contributed by atoms with Gasteiger partial charge in [-0.15, -0.1) is 12.4 Å². The molecule has 0 amide bonds. The quantitative estimate of drug-likeness (QED) is 0.578. The molecule has 0 aliphatic carbocycles. The molecule has 2 heterocycles. The first-order chi connectivity index (χ1) is 5.31. The Morgan fingerprint density at radius 2 is 2.25 bits per heavy atom. The highest BCUT2D eigenvalue weighted by Gasteiger charge is 2.40. The normalized spacial score (nSPS) is 34.5. The number of hydrogen-bond donors (Lipinski definition) is 1. The molecule has 0 aromatic heterocycles. The van der Waals surface area contributed by atoms with Crippen LogP contribution in [0.5, 0.6) is 0 Å². The van der Waals surface area contributed by atoms with Crippen molar-refractivity contribution in [3.8, 4) is 0 Å². The van der Waals surface area contributed by atoms with Crippen molar-refractivity contribution in [2.45, 2.75) is 31.3 Å². The van der Waals surface area contributed by atoms with Crippen LogP contribution in [0.25, 0.3) is 0 Å². The number of carbonyl (C=O) groups excluding carboxylic acids is 1. The van der Waals surface area contributed by atoms with E-state index in [9.17, 15) is 4.79 Å². The molecular weight excluding hydrogens is 178 g/mol. The van der Waals surface area contributed by atoms with Gasteiger partial charge in [0.2, 0.25) is 0 Å². The molecule has 4 heteroatoms. The van der Waals surface area contributed by atoms with Crippen LogP contribution in [0.3, 0.4) is 0 Å². The van der Waals surface area contributed by atoms with Gasteiger partial charge < -0.3 is 10.1 Å². The fraction of sp³-hybridized carbons (Fsp3) is 0.875. The first kappa shape index (κ1) is 9.81. The number of carbonyl (C=O) groups is 1. The van der Waals surface area contributed by atoms with Crippen LogP contribution in [-0.4, -0.2) is 24.7 Å². The lowest BCUT2D eigenvalue weighted by molar-refractivity contribution is -0.149. The Labute approximate surface area is 78.3 Å². The minimum absolute atomic E-state index is 0.